The molecule has 3 aromatic rings. The first-order valence-electron chi connectivity index (χ1n) is 8.93. The molecule has 0 fully saturated rings. The van der Waals surface area contributed by atoms with Crippen LogP contribution < -0.4 is 4.74 Å². The normalized spacial score (nSPS) is 12.5. The number of aromatic nitrogens is 2. The molecular weight excluding hydrogens is 312 g/mol. The van der Waals surface area contributed by atoms with E-state index < -0.39 is 6.10 Å². The third-order valence-corrected chi connectivity index (χ3v) is 4.50. The Bertz CT molecular complexity index is 854. The van der Waals surface area contributed by atoms with Crippen molar-refractivity contribution in [3.8, 4) is 5.75 Å². The molecule has 4 heteroatoms. The summed E-state index contributed by atoms with van der Waals surface area (Å²) >= 11 is 0. The number of aryl methyl sites for hydroxylation is 3. The molecule has 0 saturated carbocycles. The van der Waals surface area contributed by atoms with Gasteiger partial charge in [0.1, 0.15) is 17.7 Å². The fourth-order valence-electron chi connectivity index (χ4n) is 3.03. The quantitative estimate of drug-likeness (QED) is 0.642. The second kappa shape index (κ2) is 7.70. The summed E-state index contributed by atoms with van der Waals surface area (Å²) in [6.07, 6.45) is 0.978. The summed E-state index contributed by atoms with van der Waals surface area (Å²) < 4.78 is 8.08. The minimum atomic E-state index is -0.535. The molecule has 0 aliphatic carbocycles. The monoisotopic (exact) mass is 338 g/mol. The minimum absolute atomic E-state index is 0.535. The van der Waals surface area contributed by atoms with E-state index in [0.717, 1.165) is 41.1 Å². The highest BCUT2D eigenvalue weighted by atomic mass is 16.5. The first-order chi connectivity index (χ1) is 12.1. The van der Waals surface area contributed by atoms with E-state index >= 15 is 0 Å². The van der Waals surface area contributed by atoms with Crippen LogP contribution in [0.3, 0.4) is 0 Å². The molecule has 0 spiro atoms. The molecule has 0 aliphatic rings. The number of rotatable bonds is 7. The molecule has 0 amide bonds. The van der Waals surface area contributed by atoms with Gasteiger partial charge in [0.15, 0.2) is 0 Å². The summed E-state index contributed by atoms with van der Waals surface area (Å²) in [4.78, 5) is 4.62. The van der Waals surface area contributed by atoms with Crippen molar-refractivity contribution in [2.24, 2.45) is 0 Å². The lowest BCUT2D eigenvalue weighted by Gasteiger charge is -2.14. The predicted molar refractivity (Wildman–Crippen MR) is 101 cm³/mol. The fourth-order valence-corrected chi connectivity index (χ4v) is 3.03. The fraction of sp³-hybridized carbons (Fsp3) is 0.381. The van der Waals surface area contributed by atoms with Crippen molar-refractivity contribution < 1.29 is 9.84 Å². The van der Waals surface area contributed by atoms with Gasteiger partial charge >= 0.3 is 0 Å². The van der Waals surface area contributed by atoms with Crippen LogP contribution in [0.2, 0.25) is 0 Å². The average molecular weight is 338 g/mol. The summed E-state index contributed by atoms with van der Waals surface area (Å²) in [6, 6.07) is 14.3. The van der Waals surface area contributed by atoms with Crippen molar-refractivity contribution in [2.75, 3.05) is 6.61 Å². The number of aliphatic hydroxyl groups excluding tert-OH is 1. The summed E-state index contributed by atoms with van der Waals surface area (Å²) in [5.41, 5.74) is 4.35. The lowest BCUT2D eigenvalue weighted by molar-refractivity contribution is 0.158. The van der Waals surface area contributed by atoms with E-state index in [0.29, 0.717) is 13.0 Å². The summed E-state index contributed by atoms with van der Waals surface area (Å²) in [7, 11) is 0. The van der Waals surface area contributed by atoms with Crippen molar-refractivity contribution in [3.05, 3.63) is 59.4 Å². The number of benzene rings is 2. The van der Waals surface area contributed by atoms with Crippen molar-refractivity contribution in [1.82, 2.24) is 9.55 Å². The van der Waals surface area contributed by atoms with E-state index in [1.54, 1.807) is 0 Å². The minimum Gasteiger partial charge on any atom is -0.493 e. The molecule has 1 unspecified atom stereocenters. The molecule has 1 heterocycles. The Morgan fingerprint density at radius 3 is 2.76 bits per heavy atom. The van der Waals surface area contributed by atoms with E-state index in [-0.39, 0.29) is 0 Å². The molecule has 25 heavy (non-hydrogen) atoms. The highest BCUT2D eigenvalue weighted by molar-refractivity contribution is 5.76. The summed E-state index contributed by atoms with van der Waals surface area (Å²) in [5, 5.41) is 10.3. The number of aliphatic hydroxyl groups is 1. The molecule has 0 radical (unpaired) electrons. The number of fused-ring (bicyclic) bond motifs is 1. The van der Waals surface area contributed by atoms with E-state index in [1.807, 2.05) is 25.1 Å². The van der Waals surface area contributed by atoms with Gasteiger partial charge in [-0.15, -0.1) is 0 Å². The molecule has 4 nitrogen and oxygen atoms in total. The smallest absolute Gasteiger partial charge is 0.138 e. The number of imidazole rings is 1. The molecule has 3 rings (SSSR count). The predicted octanol–water partition coefficient (Wildman–Crippen LogP) is 4.57. The van der Waals surface area contributed by atoms with Gasteiger partial charge in [-0.1, -0.05) is 31.2 Å². The van der Waals surface area contributed by atoms with Gasteiger partial charge in [0, 0.05) is 6.54 Å². The van der Waals surface area contributed by atoms with Gasteiger partial charge in [0.05, 0.1) is 17.6 Å². The largest absolute Gasteiger partial charge is 0.493 e. The second-order valence-corrected chi connectivity index (χ2v) is 6.51. The lowest BCUT2D eigenvalue weighted by atomic mass is 10.1. The van der Waals surface area contributed by atoms with Crippen LogP contribution in [-0.4, -0.2) is 21.3 Å². The maximum absolute atomic E-state index is 10.3. The summed E-state index contributed by atoms with van der Waals surface area (Å²) in [5.74, 6) is 1.69. The van der Waals surface area contributed by atoms with Crippen molar-refractivity contribution in [3.63, 3.8) is 0 Å². The second-order valence-electron chi connectivity index (χ2n) is 6.51. The van der Waals surface area contributed by atoms with Gasteiger partial charge in [-0.05, 0) is 56.0 Å². The van der Waals surface area contributed by atoms with E-state index in [2.05, 4.69) is 47.7 Å². The number of hydrogen-bond acceptors (Lipinski definition) is 3. The van der Waals surface area contributed by atoms with Crippen LogP contribution in [0.4, 0.5) is 0 Å². The standard InChI is InChI=1S/C21H26N2O2/c1-4-19(24)21-22-17-8-5-6-9-18(17)23(21)12-7-13-25-20-14-15(2)10-11-16(20)3/h5-6,8-11,14,19,24H,4,7,12-13H2,1-3H3. The SMILES string of the molecule is CCC(O)c1nc2ccccc2n1CCCOc1cc(C)ccc1C. The first-order valence-corrected chi connectivity index (χ1v) is 8.93. The van der Waals surface area contributed by atoms with Crippen molar-refractivity contribution in [1.29, 1.82) is 0 Å². The van der Waals surface area contributed by atoms with Crippen LogP contribution in [-0.2, 0) is 6.54 Å². The molecule has 132 valence electrons. The number of nitrogens with zero attached hydrogens (tertiary/aromatic N) is 2. The Morgan fingerprint density at radius 2 is 1.96 bits per heavy atom. The van der Waals surface area contributed by atoms with Gasteiger partial charge in [0.25, 0.3) is 0 Å². The lowest BCUT2D eigenvalue weighted by Crippen LogP contribution is -2.11. The zero-order valence-electron chi connectivity index (χ0n) is 15.2. The summed E-state index contributed by atoms with van der Waals surface area (Å²) in [6.45, 7) is 7.52. The average Bonchev–Trinajstić information content (AvgIpc) is 2.99. The number of hydrogen-bond donors (Lipinski definition) is 1. The zero-order chi connectivity index (χ0) is 17.8. The Labute approximate surface area is 149 Å². The third-order valence-electron chi connectivity index (χ3n) is 4.50. The molecule has 0 saturated heterocycles. The van der Waals surface area contributed by atoms with Crippen LogP contribution in [0.5, 0.6) is 5.75 Å². The molecule has 2 aromatic carbocycles. The molecule has 0 bridgehead atoms. The van der Waals surface area contributed by atoms with Gasteiger partial charge < -0.3 is 14.4 Å². The van der Waals surface area contributed by atoms with E-state index in [9.17, 15) is 5.11 Å². The molecule has 0 aliphatic heterocycles. The molecule has 1 N–H and O–H groups in total. The van der Waals surface area contributed by atoms with Crippen molar-refractivity contribution in [2.45, 2.75) is 46.3 Å². The molecular formula is C21H26N2O2. The topological polar surface area (TPSA) is 47.3 Å². The highest BCUT2D eigenvalue weighted by Crippen LogP contribution is 2.23. The van der Waals surface area contributed by atoms with Crippen LogP contribution >= 0.6 is 0 Å². The van der Waals surface area contributed by atoms with Crippen molar-refractivity contribution >= 4 is 11.0 Å². The Hall–Kier alpha value is -2.33. The maximum Gasteiger partial charge on any atom is 0.138 e. The number of para-hydroxylation sites is 2. The maximum atomic E-state index is 10.3. The Balaban J connectivity index is 1.71. The van der Waals surface area contributed by atoms with E-state index in [1.165, 1.54) is 5.56 Å². The van der Waals surface area contributed by atoms with Gasteiger partial charge in [-0.2, -0.15) is 0 Å². The highest BCUT2D eigenvalue weighted by Gasteiger charge is 2.16. The van der Waals surface area contributed by atoms with Crippen LogP contribution in [0.1, 0.15) is 42.8 Å². The van der Waals surface area contributed by atoms with Crippen LogP contribution in [0.15, 0.2) is 42.5 Å². The molecule has 1 atom stereocenters. The van der Waals surface area contributed by atoms with Crippen LogP contribution in [0.25, 0.3) is 11.0 Å². The van der Waals surface area contributed by atoms with Gasteiger partial charge in [-0.25, -0.2) is 4.98 Å². The van der Waals surface area contributed by atoms with Gasteiger partial charge in [-0.3, -0.25) is 0 Å². The Kier molecular flexibility index (Phi) is 5.39. The zero-order valence-corrected chi connectivity index (χ0v) is 15.2. The van der Waals surface area contributed by atoms with Gasteiger partial charge in [0.2, 0.25) is 0 Å². The van der Waals surface area contributed by atoms with E-state index in [4.69, 9.17) is 4.74 Å². The van der Waals surface area contributed by atoms with Crippen LogP contribution in [0, 0.1) is 13.8 Å². The Morgan fingerprint density at radius 1 is 1.16 bits per heavy atom. The number of ether oxygens (including phenoxy) is 1. The third kappa shape index (κ3) is 3.85. The molecule has 1 aromatic heterocycles. The first kappa shape index (κ1) is 17.5.